The van der Waals surface area contributed by atoms with Crippen molar-refractivity contribution in [3.05, 3.63) is 23.6 Å². The standard InChI is InChI=1S/C11H18FN5O3S/c1-11(2,17-21(3,19)20)6-15-10(18)7-4-5-14-9(16-13)8(7)12/h4-5,17H,6,13H2,1-3H3,(H,14,16)(H,15,18). The first-order valence-corrected chi connectivity index (χ1v) is 7.83. The normalized spacial score (nSPS) is 12.0. The van der Waals surface area contributed by atoms with E-state index in [1.165, 1.54) is 12.3 Å². The average Bonchev–Trinajstić information content (AvgIpc) is 2.33. The summed E-state index contributed by atoms with van der Waals surface area (Å²) in [7, 11) is -3.43. The number of pyridine rings is 1. The van der Waals surface area contributed by atoms with Gasteiger partial charge in [-0.3, -0.25) is 4.79 Å². The van der Waals surface area contributed by atoms with Crippen molar-refractivity contribution in [2.45, 2.75) is 19.4 Å². The lowest BCUT2D eigenvalue weighted by molar-refractivity contribution is 0.0940. The minimum Gasteiger partial charge on any atom is -0.350 e. The zero-order valence-electron chi connectivity index (χ0n) is 11.9. The van der Waals surface area contributed by atoms with Gasteiger partial charge in [0.15, 0.2) is 11.6 Å². The largest absolute Gasteiger partial charge is 0.350 e. The zero-order valence-corrected chi connectivity index (χ0v) is 12.7. The number of amides is 1. The quantitative estimate of drug-likeness (QED) is 0.416. The molecule has 0 unspecified atom stereocenters. The molecule has 1 aromatic heterocycles. The Labute approximate surface area is 122 Å². The minimum absolute atomic E-state index is 0.0218. The third-order valence-corrected chi connectivity index (χ3v) is 3.35. The van der Waals surface area contributed by atoms with Crippen molar-refractivity contribution in [1.29, 1.82) is 0 Å². The van der Waals surface area contributed by atoms with Crippen molar-refractivity contribution in [2.24, 2.45) is 5.84 Å². The fourth-order valence-corrected chi connectivity index (χ4v) is 2.73. The molecule has 5 N–H and O–H groups in total. The summed E-state index contributed by atoms with van der Waals surface area (Å²) in [5.74, 6) is 3.24. The van der Waals surface area contributed by atoms with Crippen molar-refractivity contribution in [1.82, 2.24) is 15.0 Å². The van der Waals surface area contributed by atoms with Gasteiger partial charge in [0.1, 0.15) is 0 Å². The summed E-state index contributed by atoms with van der Waals surface area (Å²) in [5, 5.41) is 2.45. The Kier molecular flexibility index (Phi) is 5.20. The second-order valence-corrected chi connectivity index (χ2v) is 6.85. The number of hydrogen-bond acceptors (Lipinski definition) is 6. The SMILES string of the molecule is CC(C)(CNC(=O)c1ccnc(NN)c1F)NS(C)(=O)=O. The molecule has 118 valence electrons. The van der Waals surface area contributed by atoms with Crippen LogP contribution in [0.1, 0.15) is 24.2 Å². The Morgan fingerprint density at radius 2 is 2.10 bits per heavy atom. The molecular formula is C11H18FN5O3S. The summed E-state index contributed by atoms with van der Waals surface area (Å²) in [5.41, 5.74) is 0.879. The number of nitrogens with one attached hydrogen (secondary N) is 3. The third-order valence-electron chi connectivity index (χ3n) is 2.42. The van der Waals surface area contributed by atoms with Gasteiger partial charge in [0.2, 0.25) is 10.0 Å². The van der Waals surface area contributed by atoms with Gasteiger partial charge < -0.3 is 10.7 Å². The Bertz CT molecular complexity index is 633. The van der Waals surface area contributed by atoms with E-state index in [4.69, 9.17) is 5.84 Å². The van der Waals surface area contributed by atoms with Crippen LogP contribution < -0.4 is 21.3 Å². The maximum absolute atomic E-state index is 13.8. The number of aromatic nitrogens is 1. The number of sulfonamides is 1. The van der Waals surface area contributed by atoms with Crippen LogP contribution in [-0.2, 0) is 10.0 Å². The molecule has 0 bridgehead atoms. The second-order valence-electron chi connectivity index (χ2n) is 5.11. The molecule has 0 aliphatic rings. The lowest BCUT2D eigenvalue weighted by atomic mass is 10.1. The van der Waals surface area contributed by atoms with E-state index in [-0.39, 0.29) is 17.9 Å². The molecule has 0 aliphatic heterocycles. The van der Waals surface area contributed by atoms with Crippen molar-refractivity contribution < 1.29 is 17.6 Å². The van der Waals surface area contributed by atoms with Crippen molar-refractivity contribution in [2.75, 3.05) is 18.2 Å². The summed E-state index contributed by atoms with van der Waals surface area (Å²) >= 11 is 0. The number of hydrogen-bond donors (Lipinski definition) is 4. The van der Waals surface area contributed by atoms with Gasteiger partial charge in [0.05, 0.1) is 11.8 Å². The van der Waals surface area contributed by atoms with Crippen LogP contribution in [-0.4, -0.2) is 37.6 Å². The molecule has 0 aromatic carbocycles. The Hall–Kier alpha value is -1.78. The van der Waals surface area contributed by atoms with E-state index in [0.29, 0.717) is 0 Å². The lowest BCUT2D eigenvalue weighted by Gasteiger charge is -2.25. The minimum atomic E-state index is -3.43. The van der Waals surface area contributed by atoms with Crippen LogP contribution in [0.2, 0.25) is 0 Å². The zero-order chi connectivity index (χ0) is 16.3. The fraction of sp³-hybridized carbons (Fsp3) is 0.455. The van der Waals surface area contributed by atoms with E-state index in [9.17, 15) is 17.6 Å². The molecule has 0 atom stereocenters. The number of nitrogens with two attached hydrogens (primary N) is 1. The van der Waals surface area contributed by atoms with E-state index in [1.807, 2.05) is 5.43 Å². The first-order chi connectivity index (χ1) is 9.56. The van der Waals surface area contributed by atoms with Gasteiger partial charge in [0.25, 0.3) is 5.91 Å². The van der Waals surface area contributed by atoms with Gasteiger partial charge >= 0.3 is 0 Å². The molecule has 8 nitrogen and oxygen atoms in total. The molecule has 0 spiro atoms. The van der Waals surface area contributed by atoms with Crippen molar-refractivity contribution >= 4 is 21.7 Å². The third kappa shape index (κ3) is 5.25. The van der Waals surface area contributed by atoms with Gasteiger partial charge in [-0.25, -0.2) is 28.4 Å². The predicted octanol–water partition coefficient (Wildman–Crippen LogP) is -0.436. The van der Waals surface area contributed by atoms with Gasteiger partial charge in [-0.2, -0.15) is 0 Å². The molecular weight excluding hydrogens is 301 g/mol. The highest BCUT2D eigenvalue weighted by Gasteiger charge is 2.24. The van der Waals surface area contributed by atoms with E-state index in [1.54, 1.807) is 13.8 Å². The lowest BCUT2D eigenvalue weighted by Crippen LogP contribution is -2.51. The van der Waals surface area contributed by atoms with E-state index < -0.39 is 27.3 Å². The van der Waals surface area contributed by atoms with Crippen LogP contribution in [0.15, 0.2) is 12.3 Å². The van der Waals surface area contributed by atoms with Crippen LogP contribution in [0, 0.1) is 5.82 Å². The number of carbonyl (C=O) groups excluding carboxylic acids is 1. The molecule has 0 saturated carbocycles. The number of nitrogens with zero attached hydrogens (tertiary/aromatic N) is 1. The first kappa shape index (κ1) is 17.3. The molecule has 0 radical (unpaired) electrons. The number of hydrazine groups is 1. The topological polar surface area (TPSA) is 126 Å². The average molecular weight is 319 g/mol. The Balaban J connectivity index is 2.79. The van der Waals surface area contributed by atoms with Gasteiger partial charge in [0, 0.05) is 18.3 Å². The summed E-state index contributed by atoms with van der Waals surface area (Å²) < 4.78 is 38.6. The second kappa shape index (κ2) is 6.33. The Morgan fingerprint density at radius 3 is 2.62 bits per heavy atom. The smallest absolute Gasteiger partial charge is 0.254 e. The molecule has 1 amide bonds. The van der Waals surface area contributed by atoms with Gasteiger partial charge in [-0.05, 0) is 19.9 Å². The fourth-order valence-electron chi connectivity index (χ4n) is 1.65. The number of halogens is 1. The van der Waals surface area contributed by atoms with Gasteiger partial charge in [-0.15, -0.1) is 0 Å². The summed E-state index contributed by atoms with van der Waals surface area (Å²) in [4.78, 5) is 15.5. The molecule has 0 aliphatic carbocycles. The van der Waals surface area contributed by atoms with Crippen LogP contribution in [0.5, 0.6) is 0 Å². The number of carbonyl (C=O) groups is 1. The van der Waals surface area contributed by atoms with Crippen LogP contribution in [0.3, 0.4) is 0 Å². The maximum atomic E-state index is 13.8. The predicted molar refractivity (Wildman–Crippen MR) is 76.4 cm³/mol. The van der Waals surface area contributed by atoms with E-state index >= 15 is 0 Å². The Morgan fingerprint density at radius 1 is 1.48 bits per heavy atom. The number of rotatable bonds is 6. The highest BCUT2D eigenvalue weighted by atomic mass is 32.2. The highest BCUT2D eigenvalue weighted by Crippen LogP contribution is 2.14. The van der Waals surface area contributed by atoms with Crippen LogP contribution >= 0.6 is 0 Å². The molecule has 1 heterocycles. The van der Waals surface area contributed by atoms with E-state index in [2.05, 4.69) is 15.0 Å². The number of anilines is 1. The number of nitrogen functional groups attached to an aromatic ring is 1. The molecule has 21 heavy (non-hydrogen) atoms. The summed E-state index contributed by atoms with van der Waals surface area (Å²) in [6.07, 6.45) is 2.24. The molecule has 1 rings (SSSR count). The molecule has 0 saturated heterocycles. The van der Waals surface area contributed by atoms with Crippen LogP contribution in [0.25, 0.3) is 0 Å². The van der Waals surface area contributed by atoms with Crippen molar-refractivity contribution in [3.8, 4) is 0 Å². The highest BCUT2D eigenvalue weighted by molar-refractivity contribution is 7.88. The van der Waals surface area contributed by atoms with Gasteiger partial charge in [-0.1, -0.05) is 0 Å². The van der Waals surface area contributed by atoms with Crippen molar-refractivity contribution in [3.63, 3.8) is 0 Å². The van der Waals surface area contributed by atoms with Crippen LogP contribution in [0.4, 0.5) is 10.2 Å². The first-order valence-electron chi connectivity index (χ1n) is 5.94. The molecule has 10 heteroatoms. The summed E-state index contributed by atoms with van der Waals surface area (Å²) in [6.45, 7) is 3.15. The maximum Gasteiger partial charge on any atom is 0.254 e. The molecule has 1 aromatic rings. The molecule has 0 fully saturated rings. The summed E-state index contributed by atoms with van der Waals surface area (Å²) in [6, 6.07) is 1.20. The van der Waals surface area contributed by atoms with E-state index in [0.717, 1.165) is 6.26 Å². The monoisotopic (exact) mass is 319 g/mol.